The number of nitrogens with two attached hydrogens (primary N) is 1. The van der Waals surface area contributed by atoms with Crippen molar-refractivity contribution < 1.29 is 0 Å². The maximum atomic E-state index is 6.40. The third-order valence-electron chi connectivity index (χ3n) is 7.80. The smallest absolute Gasteiger partial charge is 0.151 e. The van der Waals surface area contributed by atoms with E-state index in [1.165, 1.54) is 25.7 Å². The van der Waals surface area contributed by atoms with E-state index in [-0.39, 0.29) is 0 Å². The molecule has 6 heteroatoms. The molecule has 2 bridgehead atoms. The molecule has 4 aliphatic rings. The van der Waals surface area contributed by atoms with Crippen LogP contribution in [0.3, 0.4) is 0 Å². The summed E-state index contributed by atoms with van der Waals surface area (Å²) in [6, 6.07) is 5.11. The van der Waals surface area contributed by atoms with Crippen LogP contribution < -0.4 is 10.6 Å². The van der Waals surface area contributed by atoms with Gasteiger partial charge in [0.05, 0.1) is 11.4 Å². The van der Waals surface area contributed by atoms with Crippen molar-refractivity contribution in [3.05, 3.63) is 36.2 Å². The summed E-state index contributed by atoms with van der Waals surface area (Å²) in [6.45, 7) is 3.04. The Morgan fingerprint density at radius 3 is 2.79 bits per heavy atom. The van der Waals surface area contributed by atoms with Gasteiger partial charge in [0, 0.05) is 43.4 Å². The van der Waals surface area contributed by atoms with E-state index in [0.29, 0.717) is 29.3 Å². The van der Waals surface area contributed by atoms with E-state index < -0.39 is 0 Å². The summed E-state index contributed by atoms with van der Waals surface area (Å²) in [5, 5.41) is 13.6. The Morgan fingerprint density at radius 2 is 2.18 bits per heavy atom. The van der Waals surface area contributed by atoms with Crippen LogP contribution in [-0.4, -0.2) is 38.6 Å². The molecule has 1 aliphatic heterocycles. The topological polar surface area (TPSA) is 72.9 Å². The predicted octanol–water partition coefficient (Wildman–Crippen LogP) is 2.69. The van der Waals surface area contributed by atoms with Crippen LogP contribution in [0.5, 0.6) is 0 Å². The average molecular weight is 377 g/mol. The van der Waals surface area contributed by atoms with Crippen LogP contribution in [0.15, 0.2) is 30.5 Å². The summed E-state index contributed by atoms with van der Waals surface area (Å²) in [4.78, 5) is 2.50. The zero-order valence-corrected chi connectivity index (χ0v) is 16.6. The Morgan fingerprint density at radius 1 is 1.29 bits per heavy atom. The molecular formula is C22H28N6. The zero-order chi connectivity index (χ0) is 19.0. The molecule has 2 saturated carbocycles. The number of allylic oxidation sites excluding steroid dienone is 2. The van der Waals surface area contributed by atoms with Crippen molar-refractivity contribution >= 4 is 5.82 Å². The van der Waals surface area contributed by atoms with Crippen LogP contribution in [0.4, 0.5) is 5.82 Å². The minimum Gasteiger partial charge on any atom is -0.351 e. The Hall–Kier alpha value is -2.21. The predicted molar refractivity (Wildman–Crippen MR) is 109 cm³/mol. The first-order valence-electron chi connectivity index (χ1n) is 10.6. The van der Waals surface area contributed by atoms with Gasteiger partial charge in [-0.2, -0.15) is 5.10 Å². The lowest BCUT2D eigenvalue weighted by molar-refractivity contribution is 0.318. The molecule has 6 rings (SSSR count). The van der Waals surface area contributed by atoms with Crippen molar-refractivity contribution in [2.24, 2.45) is 36.0 Å². The van der Waals surface area contributed by atoms with Gasteiger partial charge in [-0.05, 0) is 62.0 Å². The lowest BCUT2D eigenvalue weighted by Crippen LogP contribution is -2.40. The fourth-order valence-corrected chi connectivity index (χ4v) is 6.29. The lowest BCUT2D eigenvalue weighted by Gasteiger charge is -2.35. The van der Waals surface area contributed by atoms with E-state index in [1.807, 2.05) is 24.9 Å². The van der Waals surface area contributed by atoms with E-state index in [9.17, 15) is 0 Å². The Labute approximate surface area is 165 Å². The number of fused-ring (bicyclic) bond motifs is 3. The minimum atomic E-state index is 0.380. The van der Waals surface area contributed by atoms with Crippen molar-refractivity contribution in [3.63, 3.8) is 0 Å². The molecule has 2 aromatic heterocycles. The molecule has 0 aromatic carbocycles. The number of hydrogen-bond acceptors (Lipinski definition) is 5. The molecule has 3 heterocycles. The Bertz CT molecular complexity index is 946. The summed E-state index contributed by atoms with van der Waals surface area (Å²) >= 11 is 0. The fraction of sp³-hybridized carbons (Fsp3) is 0.591. The van der Waals surface area contributed by atoms with Gasteiger partial charge in [-0.3, -0.25) is 4.68 Å². The molecule has 1 saturated heterocycles. The second-order valence-electron chi connectivity index (χ2n) is 9.55. The molecule has 6 unspecified atom stereocenters. The van der Waals surface area contributed by atoms with Crippen LogP contribution >= 0.6 is 0 Å². The zero-order valence-electron chi connectivity index (χ0n) is 16.6. The molecule has 146 valence electrons. The van der Waals surface area contributed by atoms with E-state index in [2.05, 4.69) is 44.5 Å². The number of nitrogens with zero attached hydrogens (tertiary/aromatic N) is 5. The molecule has 6 atom stereocenters. The van der Waals surface area contributed by atoms with Crippen LogP contribution in [0.25, 0.3) is 11.3 Å². The maximum absolute atomic E-state index is 6.40. The summed E-state index contributed by atoms with van der Waals surface area (Å²) < 4.78 is 1.83. The van der Waals surface area contributed by atoms with Gasteiger partial charge < -0.3 is 10.6 Å². The molecule has 3 fully saturated rings. The highest BCUT2D eigenvalue weighted by molar-refractivity contribution is 5.61. The molecule has 28 heavy (non-hydrogen) atoms. The van der Waals surface area contributed by atoms with Crippen LogP contribution in [0.2, 0.25) is 0 Å². The van der Waals surface area contributed by atoms with Gasteiger partial charge >= 0.3 is 0 Å². The highest BCUT2D eigenvalue weighted by Crippen LogP contribution is 2.58. The average Bonchev–Trinajstić information content (AvgIpc) is 3.17. The van der Waals surface area contributed by atoms with E-state index in [1.54, 1.807) is 0 Å². The lowest BCUT2D eigenvalue weighted by atomic mass is 9.80. The highest BCUT2D eigenvalue weighted by atomic mass is 15.3. The van der Waals surface area contributed by atoms with Gasteiger partial charge in [-0.15, -0.1) is 10.2 Å². The minimum absolute atomic E-state index is 0.380. The van der Waals surface area contributed by atoms with Crippen molar-refractivity contribution in [2.75, 3.05) is 11.4 Å². The van der Waals surface area contributed by atoms with Crippen LogP contribution in [-0.2, 0) is 7.05 Å². The number of piperidine rings is 1. The third-order valence-corrected chi connectivity index (χ3v) is 7.80. The third kappa shape index (κ3) is 2.40. The van der Waals surface area contributed by atoms with Crippen molar-refractivity contribution in [2.45, 2.75) is 44.7 Å². The first-order chi connectivity index (χ1) is 13.5. The quantitative estimate of drug-likeness (QED) is 0.831. The normalized spacial score (nSPS) is 37.7. The highest BCUT2D eigenvalue weighted by Gasteiger charge is 2.61. The second kappa shape index (κ2) is 5.66. The van der Waals surface area contributed by atoms with Crippen molar-refractivity contribution in [1.29, 1.82) is 0 Å². The molecule has 3 aliphatic carbocycles. The standard InChI is InChI=1S/C22H28N6/c1-13-15(11-27(2)26-13)17-3-4-19(25-24-17)28-12-16-20(21(16)23)18(28)10-22-7-5-14(9-22)6-8-22/h3-5,7,11,14,16,18,20-21H,6,8-10,12,23H2,1-2H3. The number of anilines is 1. The van der Waals surface area contributed by atoms with Crippen molar-refractivity contribution in [1.82, 2.24) is 20.0 Å². The number of hydrogen-bond donors (Lipinski definition) is 1. The van der Waals surface area contributed by atoms with Gasteiger partial charge in [0.1, 0.15) is 0 Å². The molecule has 0 radical (unpaired) electrons. The SMILES string of the molecule is Cc1nn(C)cc1-c1ccc(N2CC3C(N)C3C2CC23C=CC(CC2)C3)nn1. The summed E-state index contributed by atoms with van der Waals surface area (Å²) in [7, 11) is 1.94. The fourth-order valence-electron chi connectivity index (χ4n) is 6.29. The number of aryl methyl sites for hydroxylation is 2. The summed E-state index contributed by atoms with van der Waals surface area (Å²) in [5.41, 5.74) is 9.74. The number of rotatable bonds is 4. The Balaban J connectivity index is 1.27. The van der Waals surface area contributed by atoms with E-state index >= 15 is 0 Å². The first kappa shape index (κ1) is 16.7. The second-order valence-corrected chi connectivity index (χ2v) is 9.55. The Kier molecular flexibility index (Phi) is 3.38. The largest absolute Gasteiger partial charge is 0.351 e. The molecule has 2 N–H and O–H groups in total. The summed E-state index contributed by atoms with van der Waals surface area (Å²) in [6.07, 6.45) is 12.2. The van der Waals surface area contributed by atoms with Crippen LogP contribution in [0.1, 0.15) is 31.4 Å². The van der Waals surface area contributed by atoms with Gasteiger partial charge in [0.15, 0.2) is 5.82 Å². The monoisotopic (exact) mass is 376 g/mol. The maximum Gasteiger partial charge on any atom is 0.151 e. The molecular weight excluding hydrogens is 348 g/mol. The first-order valence-corrected chi connectivity index (χ1v) is 10.6. The van der Waals surface area contributed by atoms with Gasteiger partial charge in [-0.1, -0.05) is 12.2 Å². The molecule has 6 nitrogen and oxygen atoms in total. The van der Waals surface area contributed by atoms with Gasteiger partial charge in [-0.25, -0.2) is 0 Å². The van der Waals surface area contributed by atoms with Crippen molar-refractivity contribution in [3.8, 4) is 11.3 Å². The molecule has 0 amide bonds. The van der Waals surface area contributed by atoms with Crippen LogP contribution in [0, 0.1) is 30.1 Å². The van der Waals surface area contributed by atoms with Gasteiger partial charge in [0.25, 0.3) is 0 Å². The van der Waals surface area contributed by atoms with E-state index in [0.717, 1.165) is 35.2 Å². The summed E-state index contributed by atoms with van der Waals surface area (Å²) in [5.74, 6) is 3.08. The molecule has 0 spiro atoms. The molecule has 2 aromatic rings. The van der Waals surface area contributed by atoms with E-state index in [4.69, 9.17) is 5.73 Å². The number of aromatic nitrogens is 4. The van der Waals surface area contributed by atoms with Gasteiger partial charge in [0.2, 0.25) is 0 Å².